The number of rotatable bonds is 8. The van der Waals surface area contributed by atoms with E-state index in [0.29, 0.717) is 6.61 Å². The number of ether oxygens (including phenoxy) is 1. The van der Waals surface area contributed by atoms with E-state index in [2.05, 4.69) is 22.8 Å². The van der Waals surface area contributed by atoms with E-state index in [4.69, 9.17) is 14.1 Å². The van der Waals surface area contributed by atoms with Gasteiger partial charge in [-0.25, -0.2) is 4.98 Å². The van der Waals surface area contributed by atoms with Gasteiger partial charge in [0, 0.05) is 6.54 Å². The fourth-order valence-electron chi connectivity index (χ4n) is 3.08. The smallest absolute Gasteiger partial charge is 0.133 e. The minimum absolute atomic E-state index is 0.716. The molecule has 0 spiro atoms. The number of hydrogen-bond donors (Lipinski definition) is 0. The van der Waals surface area contributed by atoms with Crippen molar-refractivity contribution in [2.75, 3.05) is 6.61 Å². The molecule has 4 rings (SSSR count). The number of aromatic nitrogens is 2. The first-order valence-electron chi connectivity index (χ1n) is 9.25. The molecule has 0 radical (unpaired) electrons. The molecule has 4 heteroatoms. The topological polar surface area (TPSA) is 40.2 Å². The number of hydrogen-bond acceptors (Lipinski definition) is 3. The summed E-state index contributed by atoms with van der Waals surface area (Å²) in [4.78, 5) is 4.76. The summed E-state index contributed by atoms with van der Waals surface area (Å²) < 4.78 is 13.4. The van der Waals surface area contributed by atoms with Crippen LogP contribution in [0.3, 0.4) is 0 Å². The van der Waals surface area contributed by atoms with Crippen molar-refractivity contribution in [2.24, 2.45) is 0 Å². The lowest BCUT2D eigenvalue weighted by atomic mass is 10.3. The summed E-state index contributed by atoms with van der Waals surface area (Å²) in [5.41, 5.74) is 2.16. The highest BCUT2D eigenvalue weighted by Gasteiger charge is 2.08. The molecule has 4 aromatic rings. The van der Waals surface area contributed by atoms with Crippen LogP contribution in [0, 0.1) is 0 Å². The van der Waals surface area contributed by atoms with Gasteiger partial charge in [0.1, 0.15) is 17.3 Å². The molecular formula is C23H22N2O2. The lowest BCUT2D eigenvalue weighted by Gasteiger charge is -2.08. The second-order valence-electron chi connectivity index (χ2n) is 6.33. The normalized spacial score (nSPS) is 11.4. The lowest BCUT2D eigenvalue weighted by Crippen LogP contribution is -2.04. The van der Waals surface area contributed by atoms with Gasteiger partial charge >= 0.3 is 0 Å². The van der Waals surface area contributed by atoms with Crippen molar-refractivity contribution < 1.29 is 9.15 Å². The van der Waals surface area contributed by atoms with E-state index in [1.807, 2.05) is 60.7 Å². The van der Waals surface area contributed by atoms with E-state index in [-0.39, 0.29) is 0 Å². The highest BCUT2D eigenvalue weighted by Crippen LogP contribution is 2.19. The minimum atomic E-state index is 0.716. The Morgan fingerprint density at radius 1 is 0.889 bits per heavy atom. The maximum Gasteiger partial charge on any atom is 0.133 e. The van der Waals surface area contributed by atoms with Crippen LogP contribution in [0.5, 0.6) is 5.75 Å². The van der Waals surface area contributed by atoms with Crippen LogP contribution in [0.2, 0.25) is 0 Å². The Labute approximate surface area is 158 Å². The summed E-state index contributed by atoms with van der Waals surface area (Å²) in [6.07, 6.45) is 7.66. The molecule has 0 fully saturated rings. The fraction of sp³-hybridized carbons (Fsp3) is 0.174. The molecule has 0 N–H and O–H groups in total. The van der Waals surface area contributed by atoms with Gasteiger partial charge in [-0.2, -0.15) is 0 Å². The maximum atomic E-state index is 5.79. The third-order valence-electron chi connectivity index (χ3n) is 4.41. The maximum absolute atomic E-state index is 5.79. The molecule has 2 aromatic carbocycles. The number of para-hydroxylation sites is 3. The second kappa shape index (κ2) is 8.41. The number of unbranched alkanes of at least 4 members (excludes halogenated alkanes) is 1. The van der Waals surface area contributed by atoms with Crippen molar-refractivity contribution >= 4 is 23.2 Å². The van der Waals surface area contributed by atoms with Crippen molar-refractivity contribution in [3.05, 3.63) is 84.6 Å². The molecule has 0 saturated heterocycles. The number of fused-ring (bicyclic) bond motifs is 1. The van der Waals surface area contributed by atoms with Gasteiger partial charge in [-0.1, -0.05) is 30.3 Å². The molecule has 0 aliphatic carbocycles. The molecule has 0 atom stereocenters. The standard InChI is InChI=1S/C23H22N2O2/c1-2-9-19(10-3-1)26-17-7-6-16-25-22-13-5-4-12-21(22)24-23(25)15-14-20-11-8-18-27-20/h1-5,8-15,18H,6-7,16-17H2. The Morgan fingerprint density at radius 3 is 2.59 bits per heavy atom. The largest absolute Gasteiger partial charge is 0.494 e. The third kappa shape index (κ3) is 4.29. The van der Waals surface area contributed by atoms with E-state index < -0.39 is 0 Å². The minimum Gasteiger partial charge on any atom is -0.494 e. The van der Waals surface area contributed by atoms with Crippen molar-refractivity contribution in [3.8, 4) is 5.75 Å². The van der Waals surface area contributed by atoms with Gasteiger partial charge in [-0.15, -0.1) is 0 Å². The number of benzene rings is 2. The number of imidazole rings is 1. The quantitative estimate of drug-likeness (QED) is 0.382. The SMILES string of the molecule is C(=Cc1nc2ccccc2n1CCCCOc1ccccc1)c1ccco1. The first kappa shape index (κ1) is 17.2. The predicted octanol–water partition coefficient (Wildman–Crippen LogP) is 5.66. The monoisotopic (exact) mass is 358 g/mol. The van der Waals surface area contributed by atoms with E-state index in [1.165, 1.54) is 0 Å². The van der Waals surface area contributed by atoms with Gasteiger partial charge in [-0.05, 0) is 61.4 Å². The lowest BCUT2D eigenvalue weighted by molar-refractivity contribution is 0.303. The summed E-state index contributed by atoms with van der Waals surface area (Å²) in [5.74, 6) is 2.69. The fourth-order valence-corrected chi connectivity index (χ4v) is 3.08. The van der Waals surface area contributed by atoms with Crippen LogP contribution in [0.1, 0.15) is 24.4 Å². The molecule has 0 bridgehead atoms. The zero-order valence-electron chi connectivity index (χ0n) is 15.1. The van der Waals surface area contributed by atoms with Crippen LogP contribution >= 0.6 is 0 Å². The molecule has 2 heterocycles. The number of furan rings is 1. The molecule has 0 aliphatic heterocycles. The van der Waals surface area contributed by atoms with Gasteiger partial charge in [0.05, 0.1) is 23.9 Å². The van der Waals surface area contributed by atoms with Crippen molar-refractivity contribution in [2.45, 2.75) is 19.4 Å². The van der Waals surface area contributed by atoms with Gasteiger partial charge in [0.2, 0.25) is 0 Å². The molecule has 0 unspecified atom stereocenters. The summed E-state index contributed by atoms with van der Waals surface area (Å²) in [6, 6.07) is 22.0. The molecule has 2 aromatic heterocycles. The highest BCUT2D eigenvalue weighted by atomic mass is 16.5. The Kier molecular flexibility index (Phi) is 5.34. The zero-order chi connectivity index (χ0) is 18.3. The van der Waals surface area contributed by atoms with Gasteiger partial charge in [-0.3, -0.25) is 0 Å². The van der Waals surface area contributed by atoms with Gasteiger partial charge in [0.25, 0.3) is 0 Å². The van der Waals surface area contributed by atoms with E-state index in [1.54, 1.807) is 6.26 Å². The van der Waals surface area contributed by atoms with Crippen LogP contribution in [0.4, 0.5) is 0 Å². The Morgan fingerprint density at radius 2 is 1.74 bits per heavy atom. The molecular weight excluding hydrogens is 336 g/mol. The number of aryl methyl sites for hydroxylation is 1. The predicted molar refractivity (Wildman–Crippen MR) is 109 cm³/mol. The van der Waals surface area contributed by atoms with Crippen LogP contribution in [-0.2, 0) is 6.54 Å². The molecule has 0 aliphatic rings. The first-order valence-corrected chi connectivity index (χ1v) is 9.25. The van der Waals surface area contributed by atoms with Crippen LogP contribution in [-0.4, -0.2) is 16.2 Å². The third-order valence-corrected chi connectivity index (χ3v) is 4.41. The Bertz CT molecular complexity index is 1000. The van der Waals surface area contributed by atoms with Crippen LogP contribution in [0.25, 0.3) is 23.2 Å². The average Bonchev–Trinajstić information content (AvgIpc) is 3.35. The second-order valence-corrected chi connectivity index (χ2v) is 6.33. The highest BCUT2D eigenvalue weighted by molar-refractivity contribution is 5.79. The summed E-state index contributed by atoms with van der Waals surface area (Å²) in [6.45, 7) is 1.62. The average molecular weight is 358 g/mol. The Hall–Kier alpha value is -3.27. The van der Waals surface area contributed by atoms with E-state index in [9.17, 15) is 0 Å². The van der Waals surface area contributed by atoms with Gasteiger partial charge in [0.15, 0.2) is 0 Å². The molecule has 136 valence electrons. The van der Waals surface area contributed by atoms with Crippen molar-refractivity contribution in [3.63, 3.8) is 0 Å². The molecule has 0 amide bonds. The van der Waals surface area contributed by atoms with E-state index >= 15 is 0 Å². The summed E-state index contributed by atoms with van der Waals surface area (Å²) in [7, 11) is 0. The summed E-state index contributed by atoms with van der Waals surface area (Å²) in [5, 5.41) is 0. The Balaban J connectivity index is 1.42. The number of nitrogens with zero attached hydrogens (tertiary/aromatic N) is 2. The summed E-state index contributed by atoms with van der Waals surface area (Å²) >= 11 is 0. The molecule has 0 saturated carbocycles. The zero-order valence-corrected chi connectivity index (χ0v) is 15.1. The molecule has 4 nitrogen and oxygen atoms in total. The molecule has 27 heavy (non-hydrogen) atoms. The van der Waals surface area contributed by atoms with Gasteiger partial charge < -0.3 is 13.7 Å². The van der Waals surface area contributed by atoms with Crippen LogP contribution in [0.15, 0.2) is 77.4 Å². The van der Waals surface area contributed by atoms with Crippen LogP contribution < -0.4 is 4.74 Å². The van der Waals surface area contributed by atoms with Crippen molar-refractivity contribution in [1.82, 2.24) is 9.55 Å². The van der Waals surface area contributed by atoms with E-state index in [0.717, 1.165) is 47.8 Å². The first-order chi connectivity index (χ1) is 13.4. The van der Waals surface area contributed by atoms with Crippen molar-refractivity contribution in [1.29, 1.82) is 0 Å².